The third kappa shape index (κ3) is 2.44. The van der Waals surface area contributed by atoms with Crippen LogP contribution in [0.5, 0.6) is 0 Å². The van der Waals surface area contributed by atoms with Gasteiger partial charge in [0, 0.05) is 19.1 Å². The van der Waals surface area contributed by atoms with E-state index in [1.807, 2.05) is 0 Å². The van der Waals surface area contributed by atoms with Crippen LogP contribution >= 0.6 is 0 Å². The van der Waals surface area contributed by atoms with Gasteiger partial charge in [0.05, 0.1) is 0 Å². The summed E-state index contributed by atoms with van der Waals surface area (Å²) in [5, 5.41) is 0. The van der Waals surface area contributed by atoms with E-state index in [0.29, 0.717) is 0 Å². The molecule has 2 fully saturated rings. The average Bonchev–Trinajstić information content (AvgIpc) is 2.93. The molecule has 2 N–H and O–H groups in total. The van der Waals surface area contributed by atoms with E-state index in [-0.39, 0.29) is 0 Å². The Balaban J connectivity index is 1.82. The van der Waals surface area contributed by atoms with Crippen LogP contribution in [0.4, 0.5) is 0 Å². The normalized spacial score (nSPS) is 36.5. The Morgan fingerprint density at radius 3 is 2.46 bits per heavy atom. The van der Waals surface area contributed by atoms with Crippen molar-refractivity contribution < 1.29 is 0 Å². The molecule has 1 saturated heterocycles. The SMILES string of the molecule is CC1CCC(CN)CN1CC1CC1. The van der Waals surface area contributed by atoms with Crippen LogP contribution in [0.25, 0.3) is 0 Å². The van der Waals surface area contributed by atoms with Gasteiger partial charge in [0.15, 0.2) is 0 Å². The van der Waals surface area contributed by atoms with Gasteiger partial charge in [0.1, 0.15) is 0 Å². The molecule has 0 aromatic rings. The maximum Gasteiger partial charge on any atom is 0.00672 e. The number of nitrogens with zero attached hydrogens (tertiary/aromatic N) is 1. The van der Waals surface area contributed by atoms with Crippen LogP contribution in [0.3, 0.4) is 0 Å². The van der Waals surface area contributed by atoms with Crippen LogP contribution in [0.15, 0.2) is 0 Å². The Hall–Kier alpha value is -0.0800. The molecule has 2 nitrogen and oxygen atoms in total. The van der Waals surface area contributed by atoms with Crippen LogP contribution < -0.4 is 5.73 Å². The van der Waals surface area contributed by atoms with Crippen LogP contribution in [0.2, 0.25) is 0 Å². The van der Waals surface area contributed by atoms with Gasteiger partial charge in [0.2, 0.25) is 0 Å². The first-order valence-electron chi connectivity index (χ1n) is 5.73. The Bertz CT molecular complexity index is 165. The molecule has 2 rings (SSSR count). The van der Waals surface area contributed by atoms with Gasteiger partial charge in [-0.15, -0.1) is 0 Å². The lowest BCUT2D eigenvalue weighted by molar-refractivity contribution is 0.115. The highest BCUT2D eigenvalue weighted by atomic mass is 15.2. The molecule has 0 aromatic heterocycles. The van der Waals surface area contributed by atoms with E-state index in [1.54, 1.807) is 0 Å². The Morgan fingerprint density at radius 2 is 1.85 bits per heavy atom. The van der Waals surface area contributed by atoms with Gasteiger partial charge >= 0.3 is 0 Å². The number of rotatable bonds is 3. The second kappa shape index (κ2) is 3.97. The van der Waals surface area contributed by atoms with Crippen molar-refractivity contribution in [3.63, 3.8) is 0 Å². The number of hydrogen-bond acceptors (Lipinski definition) is 2. The number of likely N-dealkylation sites (tertiary alicyclic amines) is 1. The molecule has 0 aromatic carbocycles. The molecule has 1 aliphatic carbocycles. The van der Waals surface area contributed by atoms with E-state index in [4.69, 9.17) is 5.73 Å². The zero-order valence-electron chi connectivity index (χ0n) is 8.71. The summed E-state index contributed by atoms with van der Waals surface area (Å²) in [5.41, 5.74) is 5.73. The second-order valence-electron chi connectivity index (χ2n) is 4.93. The maximum absolute atomic E-state index is 5.73. The minimum Gasteiger partial charge on any atom is -0.330 e. The minimum absolute atomic E-state index is 0.773. The van der Waals surface area contributed by atoms with Gasteiger partial charge in [-0.1, -0.05) is 0 Å². The molecule has 0 bridgehead atoms. The summed E-state index contributed by atoms with van der Waals surface area (Å²) in [5.74, 6) is 1.80. The van der Waals surface area contributed by atoms with Gasteiger partial charge in [-0.05, 0) is 51.0 Å². The quantitative estimate of drug-likeness (QED) is 0.716. The number of piperidine rings is 1. The molecular weight excluding hydrogens is 160 g/mol. The largest absolute Gasteiger partial charge is 0.330 e. The topological polar surface area (TPSA) is 29.3 Å². The van der Waals surface area contributed by atoms with E-state index in [1.165, 1.54) is 38.8 Å². The highest BCUT2D eigenvalue weighted by Gasteiger charge is 2.30. The molecule has 2 aliphatic rings. The van der Waals surface area contributed by atoms with Crippen LogP contribution in [-0.4, -0.2) is 30.6 Å². The summed E-state index contributed by atoms with van der Waals surface area (Å²) >= 11 is 0. The molecule has 0 amide bonds. The Labute approximate surface area is 81.5 Å². The summed E-state index contributed by atoms with van der Waals surface area (Å²) in [7, 11) is 0. The first-order valence-corrected chi connectivity index (χ1v) is 5.73. The van der Waals surface area contributed by atoms with Crippen molar-refractivity contribution in [3.05, 3.63) is 0 Å². The predicted molar refractivity (Wildman–Crippen MR) is 55.5 cm³/mol. The average molecular weight is 182 g/mol. The first-order chi connectivity index (χ1) is 6.29. The fraction of sp³-hybridized carbons (Fsp3) is 1.00. The lowest BCUT2D eigenvalue weighted by Crippen LogP contribution is -2.44. The summed E-state index contributed by atoms with van der Waals surface area (Å²) in [6, 6.07) is 0.809. The number of nitrogens with two attached hydrogens (primary N) is 1. The van der Waals surface area contributed by atoms with Crippen molar-refractivity contribution in [2.45, 2.75) is 38.6 Å². The van der Waals surface area contributed by atoms with Gasteiger partial charge in [0.25, 0.3) is 0 Å². The molecule has 76 valence electrons. The van der Waals surface area contributed by atoms with E-state index in [2.05, 4.69) is 11.8 Å². The van der Waals surface area contributed by atoms with Crippen molar-refractivity contribution in [3.8, 4) is 0 Å². The molecule has 2 atom stereocenters. The van der Waals surface area contributed by atoms with Crippen molar-refractivity contribution in [1.82, 2.24) is 4.90 Å². The van der Waals surface area contributed by atoms with E-state index in [9.17, 15) is 0 Å². The third-order valence-corrected chi connectivity index (χ3v) is 3.63. The molecular formula is C11H22N2. The number of hydrogen-bond donors (Lipinski definition) is 1. The predicted octanol–water partition coefficient (Wildman–Crippen LogP) is 1.46. The molecule has 0 spiro atoms. The molecule has 2 heteroatoms. The van der Waals surface area contributed by atoms with Gasteiger partial charge in [-0.25, -0.2) is 0 Å². The molecule has 13 heavy (non-hydrogen) atoms. The Morgan fingerprint density at radius 1 is 1.15 bits per heavy atom. The second-order valence-corrected chi connectivity index (χ2v) is 4.93. The van der Waals surface area contributed by atoms with Gasteiger partial charge in [-0.3, -0.25) is 0 Å². The van der Waals surface area contributed by atoms with E-state index >= 15 is 0 Å². The lowest BCUT2D eigenvalue weighted by atomic mass is 9.93. The van der Waals surface area contributed by atoms with E-state index < -0.39 is 0 Å². The Kier molecular flexibility index (Phi) is 2.89. The summed E-state index contributed by atoms with van der Waals surface area (Å²) < 4.78 is 0. The maximum atomic E-state index is 5.73. The standard InChI is InChI=1S/C11H22N2/c1-9-2-3-11(6-12)8-13(9)7-10-4-5-10/h9-11H,2-8,12H2,1H3. The molecule has 1 aliphatic heterocycles. The zero-order chi connectivity index (χ0) is 9.26. The van der Waals surface area contributed by atoms with Gasteiger partial charge in [-0.2, -0.15) is 0 Å². The summed E-state index contributed by atoms with van der Waals surface area (Å²) in [4.78, 5) is 2.67. The van der Waals surface area contributed by atoms with E-state index in [0.717, 1.165) is 24.4 Å². The smallest absolute Gasteiger partial charge is 0.00672 e. The van der Waals surface area contributed by atoms with Crippen molar-refractivity contribution in [2.24, 2.45) is 17.6 Å². The van der Waals surface area contributed by atoms with Crippen molar-refractivity contribution in [1.29, 1.82) is 0 Å². The molecule has 1 saturated carbocycles. The van der Waals surface area contributed by atoms with Crippen LogP contribution in [-0.2, 0) is 0 Å². The molecule has 2 unspecified atom stereocenters. The monoisotopic (exact) mass is 182 g/mol. The van der Waals surface area contributed by atoms with Crippen LogP contribution in [0.1, 0.15) is 32.6 Å². The van der Waals surface area contributed by atoms with Crippen molar-refractivity contribution >= 4 is 0 Å². The highest BCUT2D eigenvalue weighted by molar-refractivity contribution is 4.84. The van der Waals surface area contributed by atoms with Crippen molar-refractivity contribution in [2.75, 3.05) is 19.6 Å². The summed E-state index contributed by atoms with van der Waals surface area (Å²) in [6.07, 6.45) is 5.64. The molecule has 1 heterocycles. The highest BCUT2D eigenvalue weighted by Crippen LogP contribution is 2.32. The third-order valence-electron chi connectivity index (χ3n) is 3.63. The fourth-order valence-electron chi connectivity index (χ4n) is 2.34. The fourth-order valence-corrected chi connectivity index (χ4v) is 2.34. The van der Waals surface area contributed by atoms with Gasteiger partial charge < -0.3 is 10.6 Å². The first kappa shape index (κ1) is 9.47. The van der Waals surface area contributed by atoms with Crippen LogP contribution in [0, 0.1) is 11.8 Å². The summed E-state index contributed by atoms with van der Waals surface area (Å²) in [6.45, 7) is 5.86. The minimum atomic E-state index is 0.773. The molecule has 0 radical (unpaired) electrons. The lowest BCUT2D eigenvalue weighted by Gasteiger charge is -2.37. The zero-order valence-corrected chi connectivity index (χ0v) is 8.71.